The zero-order valence-electron chi connectivity index (χ0n) is 39.1. The molecule has 3 aromatic heterocycles. The van der Waals surface area contributed by atoms with Gasteiger partial charge < -0.3 is 33.6 Å². The van der Waals surface area contributed by atoms with Crippen LogP contribution in [-0.4, -0.2) is 113 Å². The first kappa shape index (κ1) is 47.5. The Labute approximate surface area is 387 Å². The number of hydrogen-bond donors (Lipinski definition) is 0. The monoisotopic (exact) mass is 932 g/mol. The molecule has 5 aromatic rings. The van der Waals surface area contributed by atoms with Gasteiger partial charge in [0.05, 0.1) is 30.7 Å². The highest BCUT2D eigenvalue weighted by molar-refractivity contribution is 5.92. The van der Waals surface area contributed by atoms with Crippen LogP contribution in [0.15, 0.2) is 60.8 Å². The number of amides is 1. The number of ether oxygens (including phenoxy) is 4. The lowest BCUT2D eigenvalue weighted by Crippen LogP contribution is -2.43. The van der Waals surface area contributed by atoms with Crippen LogP contribution in [0, 0.1) is 12.7 Å². The summed E-state index contributed by atoms with van der Waals surface area (Å²) in [6, 6.07) is 15.1. The third-order valence-electron chi connectivity index (χ3n) is 13.0. The van der Waals surface area contributed by atoms with E-state index in [0.29, 0.717) is 30.9 Å². The van der Waals surface area contributed by atoms with Gasteiger partial charge >= 0.3 is 18.3 Å². The third kappa shape index (κ3) is 10.00. The van der Waals surface area contributed by atoms with Crippen LogP contribution in [0.5, 0.6) is 17.5 Å². The first-order chi connectivity index (χ1) is 31.8. The summed E-state index contributed by atoms with van der Waals surface area (Å²) in [5.41, 5.74) is -2.76. The molecule has 0 spiro atoms. The molecule has 0 unspecified atom stereocenters. The van der Waals surface area contributed by atoms with Gasteiger partial charge in [0.15, 0.2) is 5.82 Å². The molecule has 67 heavy (non-hydrogen) atoms. The van der Waals surface area contributed by atoms with Crippen LogP contribution in [0.25, 0.3) is 22.3 Å². The Bertz CT molecular complexity index is 2550. The van der Waals surface area contributed by atoms with Crippen molar-refractivity contribution in [1.82, 2.24) is 29.7 Å². The standard InChI is InChI=1S/C49H57F5N8O5/c1-29-20-38(60(24-31-10-14-35(64-7)15-11-31)25-32-12-16-36(65-8)17-13-32)56-42(39(29)49(52,53)54)43-40(51)41-37(23-55-43)44(59(6)34-21-30(2)62(27-34)46(63)67-47(3,4)5)58-45(57-41)66-28-48-18-9-19-61(48)26-33(50)22-48/h10-17,20,23,30,33-34H,9,18-19,21-22,24-28H2,1-8H3/t30-,33-,34-,48+/m1/s1. The maximum absolute atomic E-state index is 17.6. The van der Waals surface area contributed by atoms with E-state index < -0.39 is 52.3 Å². The van der Waals surface area contributed by atoms with Gasteiger partial charge in [-0.05, 0) is 107 Å². The molecule has 3 saturated heterocycles. The van der Waals surface area contributed by atoms with Gasteiger partial charge in [0, 0.05) is 57.9 Å². The molecular weight excluding hydrogens is 876 g/mol. The molecule has 2 aromatic carbocycles. The summed E-state index contributed by atoms with van der Waals surface area (Å²) in [6.07, 6.45) is -2.93. The number of benzene rings is 2. The van der Waals surface area contributed by atoms with E-state index in [0.717, 1.165) is 17.5 Å². The first-order valence-electron chi connectivity index (χ1n) is 22.5. The van der Waals surface area contributed by atoms with E-state index in [1.165, 1.54) is 19.2 Å². The number of likely N-dealkylation sites (tertiary alicyclic amines) is 1. The lowest BCUT2D eigenvalue weighted by atomic mass is 9.95. The number of nitrogens with zero attached hydrogens (tertiary/aromatic N) is 8. The predicted octanol–water partition coefficient (Wildman–Crippen LogP) is 9.57. The number of halogens is 5. The first-order valence-corrected chi connectivity index (χ1v) is 22.5. The summed E-state index contributed by atoms with van der Waals surface area (Å²) in [7, 11) is 4.85. The predicted molar refractivity (Wildman–Crippen MR) is 244 cm³/mol. The van der Waals surface area contributed by atoms with Crippen molar-refractivity contribution < 1.29 is 45.7 Å². The third-order valence-corrected chi connectivity index (χ3v) is 13.0. The van der Waals surface area contributed by atoms with Crippen molar-refractivity contribution in [2.75, 3.05) is 57.3 Å². The lowest BCUT2D eigenvalue weighted by molar-refractivity contribution is -0.137. The number of likely N-dealkylation sites (N-methyl/N-ethyl adjacent to an activating group) is 1. The number of aryl methyl sites for hydroxylation is 1. The summed E-state index contributed by atoms with van der Waals surface area (Å²) in [5.74, 6) is 0.442. The molecule has 0 radical (unpaired) electrons. The molecule has 13 nitrogen and oxygen atoms in total. The fourth-order valence-electron chi connectivity index (χ4n) is 9.67. The van der Waals surface area contributed by atoms with Gasteiger partial charge in [-0.25, -0.2) is 18.6 Å². The minimum Gasteiger partial charge on any atom is -0.497 e. The number of hydrogen-bond acceptors (Lipinski definition) is 12. The fourth-order valence-corrected chi connectivity index (χ4v) is 9.67. The average Bonchev–Trinajstić information content (AvgIpc) is 3.95. The number of pyridine rings is 2. The van der Waals surface area contributed by atoms with E-state index >= 15 is 17.6 Å². The van der Waals surface area contributed by atoms with Crippen molar-refractivity contribution in [2.24, 2.45) is 0 Å². The average molecular weight is 933 g/mol. The highest BCUT2D eigenvalue weighted by atomic mass is 19.4. The quantitative estimate of drug-likeness (QED) is 0.105. The topological polar surface area (TPSA) is 119 Å². The molecule has 3 aliphatic heterocycles. The molecule has 6 heterocycles. The summed E-state index contributed by atoms with van der Waals surface area (Å²) >= 11 is 0. The van der Waals surface area contributed by atoms with Gasteiger partial charge in [0.25, 0.3) is 0 Å². The van der Waals surface area contributed by atoms with Crippen LogP contribution >= 0.6 is 0 Å². The number of anilines is 2. The number of methoxy groups -OCH3 is 2. The van der Waals surface area contributed by atoms with Crippen LogP contribution in [0.3, 0.4) is 0 Å². The van der Waals surface area contributed by atoms with Gasteiger partial charge in [-0.3, -0.25) is 9.88 Å². The number of alkyl halides is 4. The summed E-state index contributed by atoms with van der Waals surface area (Å²) in [4.78, 5) is 38.8. The normalized spacial score (nSPS) is 20.9. The molecule has 0 saturated carbocycles. The maximum Gasteiger partial charge on any atom is 0.418 e. The van der Waals surface area contributed by atoms with E-state index in [-0.39, 0.29) is 85.4 Å². The van der Waals surface area contributed by atoms with Crippen molar-refractivity contribution >= 4 is 28.6 Å². The molecule has 358 valence electrons. The van der Waals surface area contributed by atoms with Crippen LogP contribution in [-0.2, 0) is 24.0 Å². The highest BCUT2D eigenvalue weighted by Gasteiger charge is 2.49. The molecule has 3 aliphatic rings. The number of fused-ring (bicyclic) bond motifs is 2. The second-order valence-electron chi connectivity index (χ2n) is 18.9. The molecule has 4 atom stereocenters. The Balaban J connectivity index is 1.24. The molecule has 8 rings (SSSR count). The summed E-state index contributed by atoms with van der Waals surface area (Å²) in [5, 5.41) is 0.104. The van der Waals surface area contributed by atoms with Gasteiger partial charge in [-0.1, -0.05) is 24.3 Å². The zero-order valence-corrected chi connectivity index (χ0v) is 39.1. The molecule has 0 N–H and O–H groups in total. The second kappa shape index (κ2) is 18.6. The SMILES string of the molecule is COc1ccc(CN(Cc2ccc(OC)cc2)c2cc(C)c(C(F)(F)F)c(-c3ncc4c(N(C)[C@@H]5C[C@@H](C)N(C(=O)OC(C)(C)C)C5)nc(OC[C@@]56CCCN5C[C@H](F)C6)nc4c3F)n2)cc1. The van der Waals surface area contributed by atoms with Gasteiger partial charge in [0.1, 0.15) is 58.4 Å². The zero-order chi connectivity index (χ0) is 48.0. The number of aromatic nitrogens is 4. The molecular formula is C49H57F5N8O5. The van der Waals surface area contributed by atoms with Crippen LogP contribution < -0.4 is 24.0 Å². The van der Waals surface area contributed by atoms with E-state index in [2.05, 4.69) is 19.9 Å². The van der Waals surface area contributed by atoms with Crippen molar-refractivity contribution in [3.05, 3.63) is 88.9 Å². The smallest absolute Gasteiger partial charge is 0.418 e. The Kier molecular flexibility index (Phi) is 13.1. The molecule has 0 bridgehead atoms. The molecule has 3 fully saturated rings. The fraction of sp³-hybridized carbons (Fsp3) is 0.490. The van der Waals surface area contributed by atoms with Crippen molar-refractivity contribution in [3.63, 3.8) is 0 Å². The second-order valence-corrected chi connectivity index (χ2v) is 18.9. The van der Waals surface area contributed by atoms with E-state index in [1.807, 2.05) is 31.2 Å². The molecule has 0 aliphatic carbocycles. The Morgan fingerprint density at radius 3 is 2.16 bits per heavy atom. The van der Waals surface area contributed by atoms with Gasteiger partial charge in [-0.15, -0.1) is 0 Å². The van der Waals surface area contributed by atoms with Crippen molar-refractivity contribution in [3.8, 4) is 28.9 Å². The minimum absolute atomic E-state index is 0.0216. The number of carbonyl (C=O) groups is 1. The van der Waals surface area contributed by atoms with Gasteiger partial charge in [-0.2, -0.15) is 23.1 Å². The number of rotatable bonds is 13. The maximum atomic E-state index is 17.6. The molecule has 1 amide bonds. The summed E-state index contributed by atoms with van der Waals surface area (Å²) in [6.45, 7) is 10.3. The minimum atomic E-state index is -4.96. The largest absolute Gasteiger partial charge is 0.497 e. The van der Waals surface area contributed by atoms with Crippen molar-refractivity contribution in [2.45, 2.75) is 109 Å². The Morgan fingerprint density at radius 2 is 1.57 bits per heavy atom. The highest BCUT2D eigenvalue weighted by Crippen LogP contribution is 2.44. The Hall–Kier alpha value is -6.04. The van der Waals surface area contributed by atoms with Gasteiger partial charge in [0.2, 0.25) is 0 Å². The van der Waals surface area contributed by atoms with E-state index in [1.54, 1.807) is 81.0 Å². The van der Waals surface area contributed by atoms with E-state index in [4.69, 9.17) is 23.9 Å². The van der Waals surface area contributed by atoms with E-state index in [9.17, 15) is 9.18 Å². The van der Waals surface area contributed by atoms with Crippen molar-refractivity contribution in [1.29, 1.82) is 0 Å². The summed E-state index contributed by atoms with van der Waals surface area (Å²) < 4.78 is 101. The van der Waals surface area contributed by atoms with Crippen LogP contribution in [0.1, 0.15) is 75.6 Å². The van der Waals surface area contributed by atoms with Crippen LogP contribution in [0.4, 0.5) is 38.4 Å². The Morgan fingerprint density at radius 1 is 0.925 bits per heavy atom. The lowest BCUT2D eigenvalue weighted by Gasteiger charge is -2.31. The van der Waals surface area contributed by atoms with Crippen LogP contribution in [0.2, 0.25) is 0 Å². The molecule has 18 heteroatoms. The number of carbonyl (C=O) groups excluding carboxylic acids is 1.